The van der Waals surface area contributed by atoms with Gasteiger partial charge in [0.05, 0.1) is 25.7 Å². The van der Waals surface area contributed by atoms with Gasteiger partial charge in [-0.25, -0.2) is 0 Å². The number of carboxylic acids is 4. The molecule has 0 fully saturated rings. The molecule has 0 aromatic rings. The Morgan fingerprint density at radius 2 is 0.700 bits per heavy atom. The average molecular weight is 296 g/mol. The standard InChI is InChI=1S/2C4H6O4.C2H8N2/c2*5-3(6)1-2-4(7)8;3-1-2-4/h2*1-2H2,(H,5,6)(H,7,8);1-4H2. The zero-order valence-corrected chi connectivity index (χ0v) is 10.8. The first-order valence-electron chi connectivity index (χ1n) is 5.44. The predicted octanol–water partition coefficient (Wildman–Crippen LogP) is -1.22. The molecule has 0 bridgehead atoms. The molecule has 0 aliphatic rings. The fourth-order valence-electron chi connectivity index (χ4n) is 0.428. The van der Waals surface area contributed by atoms with Crippen LogP contribution in [0.4, 0.5) is 0 Å². The summed E-state index contributed by atoms with van der Waals surface area (Å²) in [4.78, 5) is 38.6. The quantitative estimate of drug-likeness (QED) is 0.330. The lowest BCUT2D eigenvalue weighted by Crippen LogP contribution is -2.11. The van der Waals surface area contributed by atoms with Crippen molar-refractivity contribution < 1.29 is 39.6 Å². The van der Waals surface area contributed by atoms with E-state index in [9.17, 15) is 19.2 Å². The van der Waals surface area contributed by atoms with Crippen LogP contribution in [0.15, 0.2) is 0 Å². The zero-order valence-electron chi connectivity index (χ0n) is 10.8. The minimum absolute atomic E-state index is 0.296. The minimum atomic E-state index is -1.08. The molecular formula is C10H20N2O8. The second kappa shape index (κ2) is 16.8. The Kier molecular flexibility index (Phi) is 19.3. The van der Waals surface area contributed by atoms with E-state index >= 15 is 0 Å². The van der Waals surface area contributed by atoms with Crippen LogP contribution in [0.5, 0.6) is 0 Å². The van der Waals surface area contributed by atoms with Crippen molar-refractivity contribution in [2.45, 2.75) is 25.7 Å². The van der Waals surface area contributed by atoms with Crippen molar-refractivity contribution in [3.63, 3.8) is 0 Å². The number of rotatable bonds is 7. The van der Waals surface area contributed by atoms with Crippen LogP contribution < -0.4 is 11.5 Å². The zero-order chi connectivity index (χ0) is 16.6. The number of aliphatic carboxylic acids is 4. The molecule has 0 saturated heterocycles. The summed E-state index contributed by atoms with van der Waals surface area (Å²) in [6, 6.07) is 0. The highest BCUT2D eigenvalue weighted by atomic mass is 16.4. The lowest BCUT2D eigenvalue weighted by atomic mass is 10.3. The highest BCUT2D eigenvalue weighted by Gasteiger charge is 2.00. The molecule has 0 saturated carbocycles. The molecule has 0 aliphatic heterocycles. The smallest absolute Gasteiger partial charge is 0.303 e. The van der Waals surface area contributed by atoms with Gasteiger partial charge in [-0.3, -0.25) is 19.2 Å². The van der Waals surface area contributed by atoms with Crippen LogP contribution >= 0.6 is 0 Å². The molecule has 0 aromatic heterocycles. The van der Waals surface area contributed by atoms with Gasteiger partial charge in [0.1, 0.15) is 0 Å². The molecule has 0 heterocycles. The van der Waals surface area contributed by atoms with Crippen molar-refractivity contribution >= 4 is 23.9 Å². The van der Waals surface area contributed by atoms with Gasteiger partial charge < -0.3 is 31.9 Å². The van der Waals surface area contributed by atoms with Crippen LogP contribution in [0.3, 0.4) is 0 Å². The van der Waals surface area contributed by atoms with Gasteiger partial charge in [0.25, 0.3) is 0 Å². The van der Waals surface area contributed by atoms with E-state index in [4.69, 9.17) is 31.9 Å². The number of hydrogen-bond acceptors (Lipinski definition) is 6. The number of carbonyl (C=O) groups is 4. The predicted molar refractivity (Wildman–Crippen MR) is 67.1 cm³/mol. The lowest BCUT2D eigenvalue weighted by molar-refractivity contribution is -0.143. The molecule has 0 rings (SSSR count). The van der Waals surface area contributed by atoms with E-state index in [1.54, 1.807) is 0 Å². The third-order valence-corrected chi connectivity index (χ3v) is 1.27. The highest BCUT2D eigenvalue weighted by molar-refractivity contribution is 5.75. The SMILES string of the molecule is NCCN.O=C(O)CCC(=O)O.O=C(O)CCC(=O)O. The van der Waals surface area contributed by atoms with E-state index in [0.717, 1.165) is 0 Å². The molecule has 118 valence electrons. The number of carboxylic acid groups (broad SMARTS) is 4. The second-order valence-electron chi connectivity index (χ2n) is 3.15. The molecule has 0 aliphatic carbocycles. The van der Waals surface area contributed by atoms with E-state index < -0.39 is 23.9 Å². The van der Waals surface area contributed by atoms with E-state index in [-0.39, 0.29) is 25.7 Å². The first kappa shape index (κ1) is 22.9. The van der Waals surface area contributed by atoms with E-state index in [0.29, 0.717) is 13.1 Å². The van der Waals surface area contributed by atoms with Crippen LogP contribution in [0, 0.1) is 0 Å². The largest absolute Gasteiger partial charge is 0.481 e. The lowest BCUT2D eigenvalue weighted by Gasteiger charge is -1.85. The highest BCUT2D eigenvalue weighted by Crippen LogP contribution is 1.86. The summed E-state index contributed by atoms with van der Waals surface area (Å²) in [5.41, 5.74) is 9.81. The first-order chi connectivity index (χ1) is 9.17. The molecule has 0 amide bonds. The third kappa shape index (κ3) is 44.7. The van der Waals surface area contributed by atoms with Crippen molar-refractivity contribution in [1.29, 1.82) is 0 Å². The Balaban J connectivity index is -0.000000230. The summed E-state index contributed by atoms with van der Waals surface area (Å²) in [7, 11) is 0. The topological polar surface area (TPSA) is 201 Å². The summed E-state index contributed by atoms with van der Waals surface area (Å²) < 4.78 is 0. The van der Waals surface area contributed by atoms with Gasteiger partial charge in [-0.05, 0) is 0 Å². The minimum Gasteiger partial charge on any atom is -0.481 e. The van der Waals surface area contributed by atoms with Crippen LogP contribution in [-0.4, -0.2) is 57.4 Å². The summed E-state index contributed by atoms with van der Waals surface area (Å²) in [5.74, 6) is -4.31. The van der Waals surface area contributed by atoms with Gasteiger partial charge in [0, 0.05) is 13.1 Å². The average Bonchev–Trinajstić information content (AvgIpc) is 2.35. The van der Waals surface area contributed by atoms with Crippen molar-refractivity contribution in [2.24, 2.45) is 11.5 Å². The maximum Gasteiger partial charge on any atom is 0.303 e. The van der Waals surface area contributed by atoms with E-state index in [2.05, 4.69) is 0 Å². The molecule has 10 nitrogen and oxygen atoms in total. The van der Waals surface area contributed by atoms with E-state index in [1.807, 2.05) is 0 Å². The van der Waals surface area contributed by atoms with Gasteiger partial charge in [0.15, 0.2) is 0 Å². The fourth-order valence-corrected chi connectivity index (χ4v) is 0.428. The first-order valence-corrected chi connectivity index (χ1v) is 5.44. The van der Waals surface area contributed by atoms with Crippen LogP contribution in [0.25, 0.3) is 0 Å². The fraction of sp³-hybridized carbons (Fsp3) is 0.600. The molecular weight excluding hydrogens is 276 g/mol. The Morgan fingerprint density at radius 3 is 0.750 bits per heavy atom. The van der Waals surface area contributed by atoms with Gasteiger partial charge in [0.2, 0.25) is 0 Å². The molecule has 0 aromatic carbocycles. The van der Waals surface area contributed by atoms with Gasteiger partial charge in [-0.2, -0.15) is 0 Å². The number of hydrogen-bond donors (Lipinski definition) is 6. The Bertz CT molecular complexity index is 248. The summed E-state index contributed by atoms with van der Waals surface area (Å²) in [6.45, 7) is 1.19. The van der Waals surface area contributed by atoms with Crippen LogP contribution in [-0.2, 0) is 19.2 Å². The maximum absolute atomic E-state index is 9.64. The summed E-state index contributed by atoms with van der Waals surface area (Å²) >= 11 is 0. The molecule has 0 unspecified atom stereocenters. The Morgan fingerprint density at radius 1 is 0.550 bits per heavy atom. The number of nitrogens with two attached hydrogens (primary N) is 2. The Hall–Kier alpha value is -2.20. The van der Waals surface area contributed by atoms with Gasteiger partial charge in [-0.1, -0.05) is 0 Å². The Labute approximate surface area is 115 Å². The van der Waals surface area contributed by atoms with Crippen molar-refractivity contribution in [1.82, 2.24) is 0 Å². The summed E-state index contributed by atoms with van der Waals surface area (Å²) in [5, 5.41) is 31.6. The van der Waals surface area contributed by atoms with E-state index in [1.165, 1.54) is 0 Å². The normalized spacial score (nSPS) is 8.30. The van der Waals surface area contributed by atoms with Gasteiger partial charge in [-0.15, -0.1) is 0 Å². The summed E-state index contributed by atoms with van der Waals surface area (Å²) in [6.07, 6.45) is -1.19. The molecule has 20 heavy (non-hydrogen) atoms. The molecule has 0 radical (unpaired) electrons. The van der Waals surface area contributed by atoms with Crippen LogP contribution in [0.2, 0.25) is 0 Å². The monoisotopic (exact) mass is 296 g/mol. The molecule has 0 spiro atoms. The van der Waals surface area contributed by atoms with Gasteiger partial charge >= 0.3 is 23.9 Å². The third-order valence-electron chi connectivity index (χ3n) is 1.27. The van der Waals surface area contributed by atoms with Crippen molar-refractivity contribution in [2.75, 3.05) is 13.1 Å². The molecule has 10 heteroatoms. The van der Waals surface area contributed by atoms with Crippen LogP contribution in [0.1, 0.15) is 25.7 Å². The molecule has 0 atom stereocenters. The second-order valence-corrected chi connectivity index (χ2v) is 3.15. The van der Waals surface area contributed by atoms with Crippen molar-refractivity contribution in [3.05, 3.63) is 0 Å². The van der Waals surface area contributed by atoms with Crippen molar-refractivity contribution in [3.8, 4) is 0 Å². The maximum atomic E-state index is 9.64. The molecule has 8 N–H and O–H groups in total.